The van der Waals surface area contributed by atoms with Crippen molar-refractivity contribution in [3.8, 4) is 5.75 Å². The Bertz CT molecular complexity index is 399. The summed E-state index contributed by atoms with van der Waals surface area (Å²) in [5, 5.41) is 2.84. The van der Waals surface area contributed by atoms with Gasteiger partial charge >= 0.3 is 0 Å². The number of rotatable bonds is 6. The Labute approximate surface area is 121 Å². The number of nitrogens with one attached hydrogen (secondary N) is 1. The standard InChI is InChI=1S/C14H22N2O2.ClH/c1-4-10(2)13(15)14(17)16-9-11-7-5-6-8-12(11)18-3;/h5-8,10,13H,4,9,15H2,1-3H3,(H,16,17);1H. The maximum absolute atomic E-state index is 11.8. The molecule has 2 atom stereocenters. The first-order valence-corrected chi connectivity index (χ1v) is 6.25. The predicted octanol–water partition coefficient (Wildman–Crippen LogP) is 2.11. The summed E-state index contributed by atoms with van der Waals surface area (Å²) in [7, 11) is 1.62. The number of hydrogen-bond acceptors (Lipinski definition) is 3. The minimum atomic E-state index is -0.454. The van der Waals surface area contributed by atoms with Crippen molar-refractivity contribution >= 4 is 18.3 Å². The Morgan fingerprint density at radius 3 is 2.63 bits per heavy atom. The molecular weight excluding hydrogens is 264 g/mol. The van der Waals surface area contributed by atoms with Crippen LogP contribution < -0.4 is 15.8 Å². The number of halogens is 1. The highest BCUT2D eigenvalue weighted by atomic mass is 35.5. The molecule has 0 fully saturated rings. The maximum Gasteiger partial charge on any atom is 0.237 e. The van der Waals surface area contributed by atoms with E-state index < -0.39 is 6.04 Å². The van der Waals surface area contributed by atoms with Gasteiger partial charge in [0.2, 0.25) is 5.91 Å². The molecular formula is C14H23ClN2O2. The molecule has 1 aromatic carbocycles. The van der Waals surface area contributed by atoms with E-state index in [1.807, 2.05) is 38.1 Å². The molecule has 0 saturated heterocycles. The molecule has 5 heteroatoms. The van der Waals surface area contributed by atoms with E-state index in [1.54, 1.807) is 7.11 Å². The molecule has 19 heavy (non-hydrogen) atoms. The van der Waals surface area contributed by atoms with E-state index in [0.29, 0.717) is 6.54 Å². The van der Waals surface area contributed by atoms with Crippen LogP contribution in [0.2, 0.25) is 0 Å². The summed E-state index contributed by atoms with van der Waals surface area (Å²) in [5.41, 5.74) is 6.81. The third-order valence-corrected chi connectivity index (χ3v) is 3.21. The molecule has 4 nitrogen and oxygen atoms in total. The maximum atomic E-state index is 11.8. The SMILES string of the molecule is CCC(C)C(N)C(=O)NCc1ccccc1OC.Cl. The molecule has 0 aliphatic carbocycles. The van der Waals surface area contributed by atoms with Gasteiger partial charge in [-0.15, -0.1) is 12.4 Å². The molecule has 2 unspecified atom stereocenters. The molecule has 0 bridgehead atoms. The predicted molar refractivity (Wildman–Crippen MR) is 79.5 cm³/mol. The number of carbonyl (C=O) groups is 1. The number of para-hydroxylation sites is 1. The summed E-state index contributed by atoms with van der Waals surface area (Å²) in [6, 6.07) is 7.15. The van der Waals surface area contributed by atoms with Gasteiger partial charge in [0.1, 0.15) is 5.75 Å². The van der Waals surface area contributed by atoms with Crippen molar-refractivity contribution in [1.29, 1.82) is 0 Å². The molecule has 1 aromatic rings. The molecule has 1 amide bonds. The van der Waals surface area contributed by atoms with Crippen molar-refractivity contribution < 1.29 is 9.53 Å². The van der Waals surface area contributed by atoms with Gasteiger partial charge in [-0.1, -0.05) is 38.5 Å². The number of ether oxygens (including phenoxy) is 1. The van der Waals surface area contributed by atoms with E-state index in [-0.39, 0.29) is 24.2 Å². The van der Waals surface area contributed by atoms with Gasteiger partial charge in [-0.05, 0) is 12.0 Å². The lowest BCUT2D eigenvalue weighted by atomic mass is 9.99. The monoisotopic (exact) mass is 286 g/mol. The number of hydrogen-bond donors (Lipinski definition) is 2. The van der Waals surface area contributed by atoms with E-state index in [4.69, 9.17) is 10.5 Å². The van der Waals surface area contributed by atoms with Crippen LogP contribution in [0.4, 0.5) is 0 Å². The summed E-state index contributed by atoms with van der Waals surface area (Å²) in [4.78, 5) is 11.8. The summed E-state index contributed by atoms with van der Waals surface area (Å²) < 4.78 is 5.22. The largest absolute Gasteiger partial charge is 0.496 e. The molecule has 0 radical (unpaired) electrons. The first-order chi connectivity index (χ1) is 8.60. The van der Waals surface area contributed by atoms with Crippen molar-refractivity contribution in [3.05, 3.63) is 29.8 Å². The van der Waals surface area contributed by atoms with Gasteiger partial charge in [0.25, 0.3) is 0 Å². The third-order valence-electron chi connectivity index (χ3n) is 3.21. The summed E-state index contributed by atoms with van der Waals surface area (Å²) in [5.74, 6) is 0.841. The molecule has 0 saturated carbocycles. The van der Waals surface area contributed by atoms with Crippen LogP contribution in [0.15, 0.2) is 24.3 Å². The van der Waals surface area contributed by atoms with E-state index in [0.717, 1.165) is 17.7 Å². The Morgan fingerprint density at radius 2 is 2.05 bits per heavy atom. The van der Waals surface area contributed by atoms with Crippen molar-refractivity contribution in [3.63, 3.8) is 0 Å². The zero-order valence-electron chi connectivity index (χ0n) is 11.7. The average Bonchev–Trinajstić information content (AvgIpc) is 2.43. The topological polar surface area (TPSA) is 64.4 Å². The van der Waals surface area contributed by atoms with Gasteiger partial charge in [-0.2, -0.15) is 0 Å². The molecule has 3 N–H and O–H groups in total. The van der Waals surface area contributed by atoms with Crippen molar-refractivity contribution in [2.75, 3.05) is 7.11 Å². The van der Waals surface area contributed by atoms with Gasteiger partial charge in [-0.25, -0.2) is 0 Å². The average molecular weight is 287 g/mol. The molecule has 1 rings (SSSR count). The van der Waals surface area contributed by atoms with E-state index in [1.165, 1.54) is 0 Å². The fourth-order valence-electron chi connectivity index (χ4n) is 1.66. The highest BCUT2D eigenvalue weighted by Gasteiger charge is 2.19. The second-order valence-corrected chi connectivity index (χ2v) is 4.44. The van der Waals surface area contributed by atoms with Crippen LogP contribution in [0.3, 0.4) is 0 Å². The summed E-state index contributed by atoms with van der Waals surface area (Å²) in [6.07, 6.45) is 0.892. The second-order valence-electron chi connectivity index (χ2n) is 4.44. The first-order valence-electron chi connectivity index (χ1n) is 6.25. The van der Waals surface area contributed by atoms with E-state index in [9.17, 15) is 4.79 Å². The van der Waals surface area contributed by atoms with Gasteiger partial charge in [0.15, 0.2) is 0 Å². The molecule has 0 aliphatic heterocycles. The van der Waals surface area contributed by atoms with Gasteiger partial charge < -0.3 is 15.8 Å². The van der Waals surface area contributed by atoms with Crippen LogP contribution in [0.1, 0.15) is 25.8 Å². The summed E-state index contributed by atoms with van der Waals surface area (Å²) >= 11 is 0. The lowest BCUT2D eigenvalue weighted by Gasteiger charge is -2.18. The Hall–Kier alpha value is -1.26. The Balaban J connectivity index is 0.00000324. The zero-order chi connectivity index (χ0) is 13.5. The minimum absolute atomic E-state index is 0. The molecule has 0 spiro atoms. The fraction of sp³-hybridized carbons (Fsp3) is 0.500. The van der Waals surface area contributed by atoms with Gasteiger partial charge in [-0.3, -0.25) is 4.79 Å². The molecule has 108 valence electrons. The zero-order valence-corrected chi connectivity index (χ0v) is 12.5. The van der Waals surface area contributed by atoms with Crippen LogP contribution in [-0.2, 0) is 11.3 Å². The third kappa shape index (κ3) is 5.09. The van der Waals surface area contributed by atoms with Crippen LogP contribution in [0.25, 0.3) is 0 Å². The number of carbonyl (C=O) groups excluding carboxylic acids is 1. The van der Waals surface area contributed by atoms with Crippen molar-refractivity contribution in [1.82, 2.24) is 5.32 Å². The Morgan fingerprint density at radius 1 is 1.42 bits per heavy atom. The van der Waals surface area contributed by atoms with Crippen LogP contribution in [0.5, 0.6) is 5.75 Å². The molecule has 0 heterocycles. The van der Waals surface area contributed by atoms with Crippen molar-refractivity contribution in [2.24, 2.45) is 11.7 Å². The van der Waals surface area contributed by atoms with Gasteiger partial charge in [0.05, 0.1) is 13.2 Å². The molecule has 0 aromatic heterocycles. The van der Waals surface area contributed by atoms with Crippen LogP contribution >= 0.6 is 12.4 Å². The normalized spacial score (nSPS) is 13.1. The number of amides is 1. The fourth-order valence-corrected chi connectivity index (χ4v) is 1.66. The minimum Gasteiger partial charge on any atom is -0.496 e. The quantitative estimate of drug-likeness (QED) is 0.842. The van der Waals surface area contributed by atoms with E-state index >= 15 is 0 Å². The number of methoxy groups -OCH3 is 1. The highest BCUT2D eigenvalue weighted by Crippen LogP contribution is 2.16. The smallest absolute Gasteiger partial charge is 0.237 e. The summed E-state index contributed by atoms with van der Waals surface area (Å²) in [6.45, 7) is 4.44. The van der Waals surface area contributed by atoms with E-state index in [2.05, 4.69) is 5.32 Å². The van der Waals surface area contributed by atoms with Crippen molar-refractivity contribution in [2.45, 2.75) is 32.9 Å². The lowest BCUT2D eigenvalue weighted by Crippen LogP contribution is -2.44. The Kier molecular flexibility index (Phi) is 8.19. The highest BCUT2D eigenvalue weighted by molar-refractivity contribution is 5.85. The van der Waals surface area contributed by atoms with Crippen LogP contribution in [0, 0.1) is 5.92 Å². The van der Waals surface area contributed by atoms with Gasteiger partial charge in [0, 0.05) is 12.1 Å². The number of nitrogens with two attached hydrogens (primary N) is 1. The first kappa shape index (κ1) is 17.7. The van der Waals surface area contributed by atoms with Crippen LogP contribution in [-0.4, -0.2) is 19.1 Å². The molecule has 0 aliphatic rings. The lowest BCUT2D eigenvalue weighted by molar-refractivity contribution is -0.123. The number of benzene rings is 1. The second kappa shape index (κ2) is 8.77.